The first kappa shape index (κ1) is 23.6. The van der Waals surface area contributed by atoms with E-state index < -0.39 is 0 Å². The highest BCUT2D eigenvalue weighted by molar-refractivity contribution is 5.89. The number of methoxy groups -OCH3 is 2. The van der Waals surface area contributed by atoms with Crippen molar-refractivity contribution < 1.29 is 19.1 Å². The Balaban J connectivity index is 1.20. The van der Waals surface area contributed by atoms with Crippen LogP contribution in [-0.2, 0) is 16.0 Å². The summed E-state index contributed by atoms with van der Waals surface area (Å²) in [7, 11) is 3.20. The van der Waals surface area contributed by atoms with E-state index in [1.54, 1.807) is 25.3 Å². The van der Waals surface area contributed by atoms with E-state index in [0.29, 0.717) is 29.4 Å². The molecule has 0 radical (unpaired) electrons. The number of benzene rings is 1. The largest absolute Gasteiger partial charge is 0.493 e. The zero-order valence-electron chi connectivity index (χ0n) is 21.4. The highest BCUT2D eigenvalue weighted by atomic mass is 16.5. The van der Waals surface area contributed by atoms with E-state index in [4.69, 9.17) is 9.47 Å². The van der Waals surface area contributed by atoms with Gasteiger partial charge in [0.25, 0.3) is 0 Å². The van der Waals surface area contributed by atoms with Crippen molar-refractivity contribution in [3.8, 4) is 11.5 Å². The topological polar surface area (TPSA) is 62.3 Å². The van der Waals surface area contributed by atoms with Gasteiger partial charge in [-0.3, -0.25) is 14.5 Å². The average Bonchev–Trinajstić information content (AvgIpc) is 3.05. The Kier molecular flexibility index (Phi) is 6.28. The number of amides is 2. The third kappa shape index (κ3) is 4.11. The molecule has 1 aliphatic carbocycles. The van der Waals surface area contributed by atoms with Gasteiger partial charge in [0.15, 0.2) is 11.5 Å². The Morgan fingerprint density at radius 1 is 1.08 bits per heavy atom. The molecule has 0 unspecified atom stereocenters. The highest BCUT2D eigenvalue weighted by Gasteiger charge is 2.47. The Labute approximate surface area is 213 Å². The molecule has 1 aromatic rings. The van der Waals surface area contributed by atoms with Gasteiger partial charge in [-0.2, -0.15) is 0 Å². The van der Waals surface area contributed by atoms with E-state index in [0.717, 1.165) is 37.1 Å². The van der Waals surface area contributed by atoms with Crippen molar-refractivity contribution in [2.24, 2.45) is 11.8 Å². The number of rotatable bonds is 4. The molecule has 7 heteroatoms. The predicted octanol–water partition coefficient (Wildman–Crippen LogP) is 3.48. The summed E-state index contributed by atoms with van der Waals surface area (Å²) in [5, 5.41) is 0. The van der Waals surface area contributed by atoms with Crippen molar-refractivity contribution in [1.29, 1.82) is 0 Å². The number of nitrogens with zero attached hydrogens (tertiary/aromatic N) is 3. The van der Waals surface area contributed by atoms with Gasteiger partial charge < -0.3 is 19.3 Å². The van der Waals surface area contributed by atoms with Crippen molar-refractivity contribution in [2.45, 2.75) is 57.0 Å². The summed E-state index contributed by atoms with van der Waals surface area (Å²) >= 11 is 0. The zero-order valence-corrected chi connectivity index (χ0v) is 21.4. The van der Waals surface area contributed by atoms with Gasteiger partial charge >= 0.3 is 0 Å². The summed E-state index contributed by atoms with van der Waals surface area (Å²) in [6.07, 6.45) is 13.7. The summed E-state index contributed by atoms with van der Waals surface area (Å²) < 4.78 is 10.9. The van der Waals surface area contributed by atoms with Gasteiger partial charge in [0.05, 0.1) is 26.7 Å². The highest BCUT2D eigenvalue weighted by Crippen LogP contribution is 2.45. The maximum absolute atomic E-state index is 13.7. The number of carbonyl (C=O) groups is 2. The molecule has 3 saturated heterocycles. The van der Waals surface area contributed by atoms with Crippen LogP contribution in [0, 0.1) is 11.8 Å². The second-order valence-corrected chi connectivity index (χ2v) is 11.0. The lowest BCUT2D eigenvalue weighted by atomic mass is 9.68. The van der Waals surface area contributed by atoms with Crippen molar-refractivity contribution in [1.82, 2.24) is 14.7 Å². The number of likely N-dealkylation sites (tertiary alicyclic amines) is 1. The third-order valence-corrected chi connectivity index (χ3v) is 9.02. The molecule has 4 atom stereocenters. The Hall–Kier alpha value is -2.80. The normalized spacial score (nSPS) is 29.5. The number of hydrogen-bond donors (Lipinski definition) is 0. The van der Waals surface area contributed by atoms with Crippen LogP contribution in [-0.4, -0.2) is 79.0 Å². The molecule has 192 valence electrons. The smallest absolute Gasteiger partial charge is 0.243 e. The third-order valence-electron chi connectivity index (χ3n) is 9.02. The van der Waals surface area contributed by atoms with E-state index in [1.165, 1.54) is 37.8 Å². The van der Waals surface area contributed by atoms with Crippen LogP contribution in [0.4, 0.5) is 0 Å². The molecular formula is C29H37N3O4. The molecule has 7 nitrogen and oxygen atoms in total. The number of fused-ring (bicyclic) bond motifs is 7. The van der Waals surface area contributed by atoms with Gasteiger partial charge in [-0.25, -0.2) is 0 Å². The van der Waals surface area contributed by atoms with E-state index in [-0.39, 0.29) is 30.8 Å². The lowest BCUT2D eigenvalue weighted by Crippen LogP contribution is -2.60. The summed E-state index contributed by atoms with van der Waals surface area (Å²) in [4.78, 5) is 33.3. The van der Waals surface area contributed by atoms with Gasteiger partial charge in [-0.05, 0) is 79.8 Å². The zero-order chi connectivity index (χ0) is 24.8. The second-order valence-electron chi connectivity index (χ2n) is 11.0. The summed E-state index contributed by atoms with van der Waals surface area (Å²) in [5.41, 5.74) is 3.27. The Morgan fingerprint density at radius 3 is 2.75 bits per heavy atom. The van der Waals surface area contributed by atoms with Gasteiger partial charge in [0.1, 0.15) is 6.54 Å². The Bertz CT molecular complexity index is 1110. The lowest BCUT2D eigenvalue weighted by molar-refractivity contribution is -0.141. The molecule has 6 rings (SSSR count). The molecule has 5 aliphatic rings. The Morgan fingerprint density at radius 2 is 1.92 bits per heavy atom. The van der Waals surface area contributed by atoms with E-state index in [1.807, 2.05) is 18.2 Å². The lowest BCUT2D eigenvalue weighted by Gasteiger charge is -2.54. The van der Waals surface area contributed by atoms with Crippen molar-refractivity contribution in [3.05, 3.63) is 41.1 Å². The molecule has 0 saturated carbocycles. The molecule has 4 aliphatic heterocycles. The molecule has 0 aromatic heterocycles. The minimum absolute atomic E-state index is 0.0592. The molecular weight excluding hydrogens is 454 g/mol. The van der Waals surface area contributed by atoms with Crippen LogP contribution in [0.1, 0.15) is 49.7 Å². The van der Waals surface area contributed by atoms with Gasteiger partial charge in [0, 0.05) is 25.3 Å². The standard InChI is InChI=1S/C29H37N3O4/c1-35-25-14-19-8-11-31(27(33)16-21(19)15-26(25)36-2)18-28(34)32-10-5-6-20-12-22-13-23(29(20)32)17-30-9-4-3-7-24(22)30/h8,11-12,14-15,22-24,29H,3-7,9-10,13,16-18H2,1-2H3/t22-,23-,24+,29+/m1/s1. The van der Waals surface area contributed by atoms with Crippen LogP contribution in [0.25, 0.3) is 6.08 Å². The quantitative estimate of drug-likeness (QED) is 0.604. The molecule has 2 bridgehead atoms. The first-order valence-electron chi connectivity index (χ1n) is 13.5. The first-order valence-corrected chi connectivity index (χ1v) is 13.5. The van der Waals surface area contributed by atoms with Gasteiger partial charge in [-0.15, -0.1) is 0 Å². The van der Waals surface area contributed by atoms with Gasteiger partial charge in [-0.1, -0.05) is 18.1 Å². The maximum atomic E-state index is 13.7. The fourth-order valence-electron chi connectivity index (χ4n) is 7.39. The van der Waals surface area contributed by atoms with Gasteiger partial charge in [0.2, 0.25) is 11.8 Å². The predicted molar refractivity (Wildman–Crippen MR) is 138 cm³/mol. The van der Waals surface area contributed by atoms with Crippen LogP contribution in [0.2, 0.25) is 0 Å². The minimum atomic E-state index is -0.0733. The maximum Gasteiger partial charge on any atom is 0.243 e. The molecule has 1 aromatic carbocycles. The molecule has 2 amide bonds. The van der Waals surface area contributed by atoms with Crippen molar-refractivity contribution >= 4 is 17.9 Å². The number of ether oxygens (including phenoxy) is 2. The van der Waals surface area contributed by atoms with E-state index >= 15 is 0 Å². The second kappa shape index (κ2) is 9.58. The summed E-state index contributed by atoms with van der Waals surface area (Å²) in [5.74, 6) is 2.37. The summed E-state index contributed by atoms with van der Waals surface area (Å²) in [6, 6.07) is 4.65. The minimum Gasteiger partial charge on any atom is -0.493 e. The average molecular weight is 492 g/mol. The van der Waals surface area contributed by atoms with Crippen molar-refractivity contribution in [3.63, 3.8) is 0 Å². The SMILES string of the molecule is COc1cc2c(cc1OC)CC(=O)N(CC(=O)N1CCCC3=C[C@@H]4C[C@H](CN5CCCC[C@@H]45)[C@H]31)C=C2. The van der Waals surface area contributed by atoms with Crippen molar-refractivity contribution in [2.75, 3.05) is 40.4 Å². The summed E-state index contributed by atoms with van der Waals surface area (Å²) in [6.45, 7) is 3.18. The number of piperidine rings is 3. The molecule has 0 N–H and O–H groups in total. The first-order chi connectivity index (χ1) is 17.6. The van der Waals surface area contributed by atoms with Crippen LogP contribution < -0.4 is 9.47 Å². The number of carbonyl (C=O) groups excluding carboxylic acids is 2. The van der Waals surface area contributed by atoms with Crippen LogP contribution in [0.5, 0.6) is 11.5 Å². The van der Waals surface area contributed by atoms with Crippen LogP contribution in [0.15, 0.2) is 30.0 Å². The fraction of sp³-hybridized carbons (Fsp3) is 0.586. The molecule has 0 spiro atoms. The van der Waals surface area contributed by atoms with E-state index in [2.05, 4.69) is 15.9 Å². The number of hydrogen-bond acceptors (Lipinski definition) is 5. The van der Waals surface area contributed by atoms with E-state index in [9.17, 15) is 9.59 Å². The van der Waals surface area contributed by atoms with Crippen LogP contribution >= 0.6 is 0 Å². The molecule has 36 heavy (non-hydrogen) atoms. The fourth-order valence-corrected chi connectivity index (χ4v) is 7.39. The molecule has 3 fully saturated rings. The molecule has 4 heterocycles. The van der Waals surface area contributed by atoms with Crippen LogP contribution in [0.3, 0.4) is 0 Å². The monoisotopic (exact) mass is 491 g/mol.